The van der Waals surface area contributed by atoms with Gasteiger partial charge in [0.15, 0.2) is 0 Å². The third kappa shape index (κ3) is 3.96. The number of aliphatic hydroxyl groups is 1. The van der Waals surface area contributed by atoms with Gasteiger partial charge in [-0.3, -0.25) is 4.79 Å². The van der Waals surface area contributed by atoms with Gasteiger partial charge in [0, 0.05) is 22.3 Å². The Morgan fingerprint density at radius 1 is 1.47 bits per heavy atom. The van der Waals surface area contributed by atoms with Crippen molar-refractivity contribution >= 4 is 28.5 Å². The minimum absolute atomic E-state index is 0.0654. The SMILES string of the molecule is Cc1cc(I)cc(C(=O)NCC(C)CO)c1C. The molecular formula is C13H18INO2. The molecule has 0 fully saturated rings. The van der Waals surface area contributed by atoms with Crippen molar-refractivity contribution in [2.75, 3.05) is 13.2 Å². The van der Waals surface area contributed by atoms with Crippen LogP contribution in [0.15, 0.2) is 12.1 Å². The second-order valence-electron chi connectivity index (χ2n) is 4.39. The third-order valence-electron chi connectivity index (χ3n) is 2.80. The molecule has 3 nitrogen and oxygen atoms in total. The quantitative estimate of drug-likeness (QED) is 0.821. The molecule has 0 bridgehead atoms. The maximum Gasteiger partial charge on any atom is 0.251 e. The summed E-state index contributed by atoms with van der Waals surface area (Å²) in [6.07, 6.45) is 0. The van der Waals surface area contributed by atoms with Crippen molar-refractivity contribution in [3.05, 3.63) is 32.4 Å². The first-order chi connectivity index (χ1) is 7.95. The van der Waals surface area contributed by atoms with Crippen molar-refractivity contribution in [2.45, 2.75) is 20.8 Å². The Bertz CT molecular complexity index is 418. The highest BCUT2D eigenvalue weighted by atomic mass is 127. The van der Waals surface area contributed by atoms with E-state index in [1.807, 2.05) is 26.8 Å². The summed E-state index contributed by atoms with van der Waals surface area (Å²) in [5.74, 6) is 0.0209. The van der Waals surface area contributed by atoms with Gasteiger partial charge >= 0.3 is 0 Å². The number of amides is 1. The van der Waals surface area contributed by atoms with Crippen LogP contribution in [0.3, 0.4) is 0 Å². The van der Waals surface area contributed by atoms with Crippen molar-refractivity contribution in [3.63, 3.8) is 0 Å². The van der Waals surface area contributed by atoms with Crippen LogP contribution in [-0.2, 0) is 0 Å². The molecule has 0 saturated carbocycles. The summed E-state index contributed by atoms with van der Waals surface area (Å²) < 4.78 is 1.06. The number of benzene rings is 1. The zero-order chi connectivity index (χ0) is 13.0. The lowest BCUT2D eigenvalue weighted by atomic mass is 10.0. The van der Waals surface area contributed by atoms with E-state index in [0.29, 0.717) is 6.54 Å². The van der Waals surface area contributed by atoms with Gasteiger partial charge < -0.3 is 10.4 Å². The van der Waals surface area contributed by atoms with Gasteiger partial charge in [-0.15, -0.1) is 0 Å². The Labute approximate surface area is 116 Å². The molecule has 0 radical (unpaired) electrons. The lowest BCUT2D eigenvalue weighted by Crippen LogP contribution is -2.30. The molecule has 1 rings (SSSR count). The molecule has 1 atom stereocenters. The molecule has 0 aliphatic heterocycles. The predicted octanol–water partition coefficient (Wildman–Crippen LogP) is 2.27. The smallest absolute Gasteiger partial charge is 0.251 e. The summed E-state index contributed by atoms with van der Waals surface area (Å²) in [7, 11) is 0. The monoisotopic (exact) mass is 347 g/mol. The van der Waals surface area contributed by atoms with E-state index in [0.717, 1.165) is 20.3 Å². The molecule has 1 amide bonds. The molecule has 0 spiro atoms. The summed E-state index contributed by atoms with van der Waals surface area (Å²) in [4.78, 5) is 12.0. The number of aliphatic hydroxyl groups excluding tert-OH is 1. The fourth-order valence-electron chi connectivity index (χ4n) is 1.48. The molecule has 0 aromatic heterocycles. The Hall–Kier alpha value is -0.620. The number of hydrogen-bond acceptors (Lipinski definition) is 2. The summed E-state index contributed by atoms with van der Waals surface area (Å²) >= 11 is 2.21. The third-order valence-corrected chi connectivity index (χ3v) is 3.42. The molecule has 17 heavy (non-hydrogen) atoms. The number of carbonyl (C=O) groups excluding carboxylic acids is 1. The average Bonchev–Trinajstić information content (AvgIpc) is 2.30. The molecular weight excluding hydrogens is 329 g/mol. The van der Waals surface area contributed by atoms with E-state index in [1.54, 1.807) is 0 Å². The van der Waals surface area contributed by atoms with Gasteiger partial charge in [0.05, 0.1) is 0 Å². The lowest BCUT2D eigenvalue weighted by Gasteiger charge is -2.12. The Balaban J connectivity index is 2.82. The number of rotatable bonds is 4. The van der Waals surface area contributed by atoms with Crippen LogP contribution in [0.25, 0.3) is 0 Å². The Morgan fingerprint density at radius 3 is 2.71 bits per heavy atom. The van der Waals surface area contributed by atoms with Crippen LogP contribution < -0.4 is 5.32 Å². The molecule has 1 aromatic rings. The highest BCUT2D eigenvalue weighted by Gasteiger charge is 2.12. The summed E-state index contributed by atoms with van der Waals surface area (Å²) in [5.41, 5.74) is 2.86. The van der Waals surface area contributed by atoms with Gasteiger partial charge in [-0.2, -0.15) is 0 Å². The van der Waals surface area contributed by atoms with Crippen molar-refractivity contribution in [1.29, 1.82) is 0 Å². The number of carbonyl (C=O) groups is 1. The van der Waals surface area contributed by atoms with Gasteiger partial charge in [0.25, 0.3) is 5.91 Å². The fourth-order valence-corrected chi connectivity index (χ4v) is 2.26. The minimum atomic E-state index is -0.0654. The maximum absolute atomic E-state index is 12.0. The molecule has 1 unspecified atom stereocenters. The topological polar surface area (TPSA) is 49.3 Å². The van der Waals surface area contributed by atoms with E-state index in [4.69, 9.17) is 5.11 Å². The zero-order valence-electron chi connectivity index (χ0n) is 10.4. The number of nitrogens with one attached hydrogen (secondary N) is 1. The highest BCUT2D eigenvalue weighted by molar-refractivity contribution is 14.1. The van der Waals surface area contributed by atoms with Crippen LogP contribution in [0, 0.1) is 23.3 Å². The van der Waals surface area contributed by atoms with E-state index in [-0.39, 0.29) is 18.4 Å². The van der Waals surface area contributed by atoms with Crippen molar-refractivity contribution in [3.8, 4) is 0 Å². The second kappa shape index (κ2) is 6.35. The van der Waals surface area contributed by atoms with Crippen molar-refractivity contribution in [1.82, 2.24) is 5.32 Å². The number of aryl methyl sites for hydroxylation is 1. The van der Waals surface area contributed by atoms with Gasteiger partial charge in [0.2, 0.25) is 0 Å². The van der Waals surface area contributed by atoms with Crippen LogP contribution >= 0.6 is 22.6 Å². The zero-order valence-corrected chi connectivity index (χ0v) is 12.5. The van der Waals surface area contributed by atoms with E-state index in [1.165, 1.54) is 0 Å². The predicted molar refractivity (Wildman–Crippen MR) is 77.2 cm³/mol. The molecule has 2 N–H and O–H groups in total. The van der Waals surface area contributed by atoms with Crippen molar-refractivity contribution < 1.29 is 9.90 Å². The van der Waals surface area contributed by atoms with Gasteiger partial charge in [-0.25, -0.2) is 0 Å². The van der Waals surface area contributed by atoms with Crippen molar-refractivity contribution in [2.24, 2.45) is 5.92 Å². The van der Waals surface area contributed by atoms with Crippen LogP contribution in [0.2, 0.25) is 0 Å². The van der Waals surface area contributed by atoms with E-state index in [9.17, 15) is 4.79 Å². The van der Waals surface area contributed by atoms with E-state index >= 15 is 0 Å². The highest BCUT2D eigenvalue weighted by Crippen LogP contribution is 2.17. The molecule has 1 aromatic carbocycles. The molecule has 0 saturated heterocycles. The standard InChI is InChI=1S/C13H18INO2/c1-8(7-16)6-15-13(17)12-5-11(14)4-9(2)10(12)3/h4-5,8,16H,6-7H2,1-3H3,(H,15,17). The lowest BCUT2D eigenvalue weighted by molar-refractivity contribution is 0.0941. The summed E-state index contributed by atoms with van der Waals surface area (Å²) in [6.45, 7) is 6.44. The molecule has 4 heteroatoms. The Morgan fingerprint density at radius 2 is 2.12 bits per heavy atom. The summed E-state index contributed by atoms with van der Waals surface area (Å²) in [5, 5.41) is 11.8. The molecule has 0 aliphatic carbocycles. The first kappa shape index (κ1) is 14.4. The van der Waals surface area contributed by atoms with Crippen LogP contribution in [-0.4, -0.2) is 24.2 Å². The second-order valence-corrected chi connectivity index (χ2v) is 5.64. The number of hydrogen-bond donors (Lipinski definition) is 2. The molecule has 0 aliphatic rings. The maximum atomic E-state index is 12.0. The first-order valence-corrected chi connectivity index (χ1v) is 6.69. The molecule has 94 valence electrons. The van der Waals surface area contributed by atoms with Crippen LogP contribution in [0.4, 0.5) is 0 Å². The van der Waals surface area contributed by atoms with E-state index < -0.39 is 0 Å². The summed E-state index contributed by atoms with van der Waals surface area (Å²) in [6, 6.07) is 3.95. The fraction of sp³-hybridized carbons (Fsp3) is 0.462. The first-order valence-electron chi connectivity index (χ1n) is 5.61. The van der Waals surface area contributed by atoms with Gasteiger partial charge in [-0.1, -0.05) is 6.92 Å². The number of halogens is 1. The molecule has 0 heterocycles. The van der Waals surface area contributed by atoms with Crippen LogP contribution in [0.5, 0.6) is 0 Å². The van der Waals surface area contributed by atoms with Gasteiger partial charge in [0.1, 0.15) is 0 Å². The Kier molecular flexibility index (Phi) is 5.39. The normalized spacial score (nSPS) is 12.3. The van der Waals surface area contributed by atoms with Gasteiger partial charge in [-0.05, 0) is 65.6 Å². The average molecular weight is 347 g/mol. The van der Waals surface area contributed by atoms with Crippen LogP contribution in [0.1, 0.15) is 28.4 Å². The van der Waals surface area contributed by atoms with E-state index in [2.05, 4.69) is 34.0 Å². The minimum Gasteiger partial charge on any atom is -0.396 e. The largest absolute Gasteiger partial charge is 0.396 e.